The summed E-state index contributed by atoms with van der Waals surface area (Å²) < 4.78 is 6.31. The van der Waals surface area contributed by atoms with E-state index in [0.717, 1.165) is 21.2 Å². The summed E-state index contributed by atoms with van der Waals surface area (Å²) in [6.07, 6.45) is -0.132. The fourth-order valence-electron chi connectivity index (χ4n) is 1.90. The summed E-state index contributed by atoms with van der Waals surface area (Å²) in [4.78, 5) is 22.7. The molecule has 0 heterocycles. The van der Waals surface area contributed by atoms with Crippen molar-refractivity contribution >= 4 is 33.3 Å². The van der Waals surface area contributed by atoms with Crippen LogP contribution in [-0.4, -0.2) is 18.8 Å². The molecule has 19 heavy (non-hydrogen) atoms. The highest BCUT2D eigenvalue weighted by Crippen LogP contribution is 2.39. The number of rotatable bonds is 4. The molecule has 5 heteroatoms. The molecule has 0 saturated carbocycles. The Morgan fingerprint density at radius 3 is 2.21 bits per heavy atom. The molecular weight excluding hydrogens is 310 g/mol. The first-order valence-corrected chi connectivity index (χ1v) is 6.71. The van der Waals surface area contributed by atoms with Gasteiger partial charge >= 0.3 is 0 Å². The summed E-state index contributed by atoms with van der Waals surface area (Å²) in [5, 5.41) is 2.76. The largest absolute Gasteiger partial charge is 0.494 e. The van der Waals surface area contributed by atoms with E-state index >= 15 is 0 Å². The molecule has 4 nitrogen and oxygen atoms in total. The van der Waals surface area contributed by atoms with Gasteiger partial charge in [0, 0.05) is 4.47 Å². The first kappa shape index (κ1) is 15.7. The van der Waals surface area contributed by atoms with Crippen molar-refractivity contribution < 1.29 is 14.3 Å². The van der Waals surface area contributed by atoms with Gasteiger partial charge in [0.15, 0.2) is 0 Å². The first-order chi connectivity index (χ1) is 8.79. The van der Waals surface area contributed by atoms with Gasteiger partial charge in [0.1, 0.15) is 11.5 Å². The Balaban J connectivity index is 3.26. The molecule has 104 valence electrons. The maximum atomic E-state index is 11.7. The van der Waals surface area contributed by atoms with Crippen molar-refractivity contribution in [2.24, 2.45) is 0 Å². The zero-order valence-electron chi connectivity index (χ0n) is 11.8. The van der Waals surface area contributed by atoms with Crippen LogP contribution in [0.3, 0.4) is 0 Å². The topological polar surface area (TPSA) is 55.4 Å². The van der Waals surface area contributed by atoms with Crippen molar-refractivity contribution in [2.45, 2.75) is 34.1 Å². The molecule has 0 spiro atoms. The Hall–Kier alpha value is -1.36. The Labute approximate surface area is 121 Å². The van der Waals surface area contributed by atoms with Crippen LogP contribution >= 0.6 is 15.9 Å². The molecule has 0 fully saturated rings. The van der Waals surface area contributed by atoms with Crippen LogP contribution in [0.1, 0.15) is 30.0 Å². The third kappa shape index (κ3) is 3.35. The average Bonchev–Trinajstić information content (AvgIpc) is 2.33. The molecule has 0 radical (unpaired) electrons. The number of hydrogen-bond acceptors (Lipinski definition) is 3. The van der Waals surface area contributed by atoms with Crippen LogP contribution in [0.2, 0.25) is 0 Å². The summed E-state index contributed by atoms with van der Waals surface area (Å²) in [7, 11) is 1.57. The van der Waals surface area contributed by atoms with Crippen LogP contribution in [-0.2, 0) is 9.59 Å². The predicted octanol–water partition coefficient (Wildman–Crippen LogP) is 3.30. The Kier molecular flexibility index (Phi) is 5.11. The lowest BCUT2D eigenvalue weighted by Crippen LogP contribution is -2.17. The molecule has 1 N–H and O–H groups in total. The number of amides is 1. The Morgan fingerprint density at radius 2 is 1.74 bits per heavy atom. The molecule has 0 bridgehead atoms. The van der Waals surface area contributed by atoms with E-state index in [1.54, 1.807) is 7.11 Å². The molecule has 1 rings (SSSR count). The highest BCUT2D eigenvalue weighted by molar-refractivity contribution is 9.10. The van der Waals surface area contributed by atoms with E-state index in [1.807, 2.05) is 20.8 Å². The number of Topliss-reactive ketones (excluding diaryl/α,β-unsaturated/α-hetero) is 1. The molecule has 0 aliphatic rings. The summed E-state index contributed by atoms with van der Waals surface area (Å²) in [6.45, 7) is 7.19. The van der Waals surface area contributed by atoms with E-state index in [9.17, 15) is 9.59 Å². The second-order valence-electron chi connectivity index (χ2n) is 4.52. The minimum Gasteiger partial charge on any atom is -0.494 e. The van der Waals surface area contributed by atoms with Gasteiger partial charge in [0.2, 0.25) is 5.91 Å². The highest BCUT2D eigenvalue weighted by Gasteiger charge is 2.18. The fourth-order valence-corrected chi connectivity index (χ4v) is 2.39. The minimum atomic E-state index is -0.330. The number of anilines is 1. The van der Waals surface area contributed by atoms with Gasteiger partial charge in [-0.15, -0.1) is 0 Å². The third-order valence-electron chi connectivity index (χ3n) is 3.04. The number of benzene rings is 1. The van der Waals surface area contributed by atoms with Crippen LogP contribution in [0.25, 0.3) is 0 Å². The van der Waals surface area contributed by atoms with Crippen LogP contribution in [0.5, 0.6) is 5.75 Å². The van der Waals surface area contributed by atoms with Crippen molar-refractivity contribution in [1.29, 1.82) is 0 Å². The lowest BCUT2D eigenvalue weighted by Gasteiger charge is -2.19. The monoisotopic (exact) mass is 327 g/mol. The normalized spacial score (nSPS) is 10.2. The van der Waals surface area contributed by atoms with E-state index in [0.29, 0.717) is 11.4 Å². The summed E-state index contributed by atoms with van der Waals surface area (Å²) in [5.41, 5.74) is 3.53. The number of ether oxygens (including phenoxy) is 1. The van der Waals surface area contributed by atoms with E-state index in [2.05, 4.69) is 21.2 Å². The number of nitrogens with one attached hydrogen (secondary N) is 1. The lowest BCUT2D eigenvalue weighted by atomic mass is 10.0. The smallest absolute Gasteiger partial charge is 0.231 e. The first-order valence-electron chi connectivity index (χ1n) is 5.92. The van der Waals surface area contributed by atoms with Gasteiger partial charge in [-0.1, -0.05) is 15.9 Å². The molecule has 0 aromatic heterocycles. The minimum absolute atomic E-state index is 0.132. The average molecular weight is 328 g/mol. The summed E-state index contributed by atoms with van der Waals surface area (Å²) in [6, 6.07) is 0. The van der Waals surface area contributed by atoms with Gasteiger partial charge in [-0.2, -0.15) is 0 Å². The van der Waals surface area contributed by atoms with Crippen LogP contribution in [0.15, 0.2) is 4.47 Å². The predicted molar refractivity (Wildman–Crippen MR) is 78.8 cm³/mol. The molecule has 0 aliphatic carbocycles. The molecule has 0 atom stereocenters. The van der Waals surface area contributed by atoms with E-state index < -0.39 is 0 Å². The van der Waals surface area contributed by atoms with E-state index in [1.165, 1.54) is 6.92 Å². The Morgan fingerprint density at radius 1 is 1.16 bits per heavy atom. The van der Waals surface area contributed by atoms with Gasteiger partial charge in [0.25, 0.3) is 0 Å². The zero-order valence-corrected chi connectivity index (χ0v) is 13.4. The standard InChI is InChI=1S/C14H18BrNO3/c1-7(17)6-11(18)16-13-10(4)12(15)8(2)9(3)14(13)19-5/h6H2,1-5H3,(H,16,18). The van der Waals surface area contributed by atoms with Crippen molar-refractivity contribution in [3.05, 3.63) is 21.2 Å². The number of halogens is 1. The van der Waals surface area contributed by atoms with E-state index in [4.69, 9.17) is 4.74 Å². The quantitative estimate of drug-likeness (QED) is 0.863. The van der Waals surface area contributed by atoms with Gasteiger partial charge in [0.05, 0.1) is 19.2 Å². The molecule has 1 aromatic carbocycles. The van der Waals surface area contributed by atoms with E-state index in [-0.39, 0.29) is 18.1 Å². The zero-order chi connectivity index (χ0) is 14.7. The van der Waals surface area contributed by atoms with Gasteiger partial charge < -0.3 is 10.1 Å². The summed E-state index contributed by atoms with van der Waals surface area (Å²) >= 11 is 3.51. The van der Waals surface area contributed by atoms with Gasteiger partial charge in [-0.3, -0.25) is 9.59 Å². The number of hydrogen-bond donors (Lipinski definition) is 1. The molecule has 1 amide bonds. The Bertz CT molecular complexity index is 538. The van der Waals surface area contributed by atoms with Gasteiger partial charge in [-0.25, -0.2) is 0 Å². The molecule has 0 aliphatic heterocycles. The third-order valence-corrected chi connectivity index (χ3v) is 4.23. The number of carbonyl (C=O) groups excluding carboxylic acids is 2. The van der Waals surface area contributed by atoms with Crippen LogP contribution in [0.4, 0.5) is 5.69 Å². The van der Waals surface area contributed by atoms with Crippen molar-refractivity contribution in [1.82, 2.24) is 0 Å². The SMILES string of the molecule is COc1c(C)c(C)c(Br)c(C)c1NC(=O)CC(C)=O. The van der Waals surface area contributed by atoms with Crippen LogP contribution < -0.4 is 10.1 Å². The highest BCUT2D eigenvalue weighted by atomic mass is 79.9. The molecule has 0 unspecified atom stereocenters. The number of methoxy groups -OCH3 is 1. The van der Waals surface area contributed by atoms with Crippen molar-refractivity contribution in [3.63, 3.8) is 0 Å². The summed E-state index contributed by atoms with van der Waals surface area (Å²) in [5.74, 6) is 0.135. The van der Waals surface area contributed by atoms with Crippen LogP contribution in [0, 0.1) is 20.8 Å². The molecular formula is C14H18BrNO3. The maximum Gasteiger partial charge on any atom is 0.231 e. The molecule has 1 aromatic rings. The molecule has 0 saturated heterocycles. The van der Waals surface area contributed by atoms with Gasteiger partial charge in [-0.05, 0) is 44.4 Å². The maximum absolute atomic E-state index is 11.7. The lowest BCUT2D eigenvalue weighted by molar-refractivity contribution is -0.124. The second-order valence-corrected chi connectivity index (χ2v) is 5.32. The second kappa shape index (κ2) is 6.19. The number of ketones is 1. The fraction of sp³-hybridized carbons (Fsp3) is 0.429. The van der Waals surface area contributed by atoms with Crippen molar-refractivity contribution in [2.75, 3.05) is 12.4 Å². The number of carbonyl (C=O) groups is 2. The van der Waals surface area contributed by atoms with Crippen molar-refractivity contribution in [3.8, 4) is 5.75 Å².